The molecule has 4 rings (SSSR count). The van der Waals surface area contributed by atoms with Crippen molar-refractivity contribution < 1.29 is 10.2 Å². The Kier molecular flexibility index (Phi) is 3.72. The number of rotatable bonds is 3. The van der Waals surface area contributed by atoms with Gasteiger partial charge < -0.3 is 20.1 Å². The van der Waals surface area contributed by atoms with Gasteiger partial charge in [-0.3, -0.25) is 0 Å². The van der Waals surface area contributed by atoms with E-state index in [9.17, 15) is 10.2 Å². The number of nitrogens with one attached hydrogen (secondary N) is 1. The van der Waals surface area contributed by atoms with Gasteiger partial charge in [0.25, 0.3) is 0 Å². The molecule has 7 heteroatoms. The lowest BCUT2D eigenvalue weighted by molar-refractivity contribution is 0.00998. The Labute approximate surface area is 144 Å². The number of halogens is 2. The standard InChI is InChI=1S/C16H19Cl2N3O2/c1-7-4-13(15(23)14(7)22)21-12-6-10(18)9(17)5-11(12)20-16(21)19-8-2-3-8/h5-8,13-15,22-23H,2-4H2,1H3,(H,19,20)/t7-,13+,14+,15-/m1/s1. The first-order valence-electron chi connectivity index (χ1n) is 7.95. The van der Waals surface area contributed by atoms with Crippen LogP contribution in [0.2, 0.25) is 10.0 Å². The summed E-state index contributed by atoms with van der Waals surface area (Å²) in [7, 11) is 0. The normalized spacial score (nSPS) is 31.0. The molecular formula is C16H19Cl2N3O2. The van der Waals surface area contributed by atoms with Gasteiger partial charge in [0.05, 0.1) is 33.2 Å². The second-order valence-corrected chi connectivity index (χ2v) is 7.55. The molecule has 0 radical (unpaired) electrons. The summed E-state index contributed by atoms with van der Waals surface area (Å²) in [6, 6.07) is 3.72. The molecular weight excluding hydrogens is 337 g/mol. The Hall–Kier alpha value is -1.01. The second-order valence-electron chi connectivity index (χ2n) is 6.74. The van der Waals surface area contributed by atoms with Gasteiger partial charge in [0, 0.05) is 6.04 Å². The molecule has 2 saturated carbocycles. The zero-order valence-electron chi connectivity index (χ0n) is 12.7. The van der Waals surface area contributed by atoms with Crippen molar-refractivity contribution in [1.82, 2.24) is 9.55 Å². The molecule has 1 heterocycles. The first kappa shape index (κ1) is 15.5. The number of aromatic nitrogens is 2. The third kappa shape index (κ3) is 2.60. The van der Waals surface area contributed by atoms with Gasteiger partial charge in [-0.05, 0) is 37.3 Å². The number of hydrogen-bond donors (Lipinski definition) is 3. The van der Waals surface area contributed by atoms with E-state index in [2.05, 4.69) is 10.3 Å². The summed E-state index contributed by atoms with van der Waals surface area (Å²) in [4.78, 5) is 4.64. The highest BCUT2D eigenvalue weighted by molar-refractivity contribution is 6.42. The topological polar surface area (TPSA) is 70.3 Å². The van der Waals surface area contributed by atoms with Crippen molar-refractivity contribution in [2.75, 3.05) is 5.32 Å². The fourth-order valence-electron chi connectivity index (χ4n) is 3.42. The number of benzene rings is 1. The van der Waals surface area contributed by atoms with Crippen LogP contribution >= 0.6 is 23.2 Å². The third-order valence-electron chi connectivity index (χ3n) is 4.91. The van der Waals surface area contributed by atoms with Crippen LogP contribution in [0.5, 0.6) is 0 Å². The van der Waals surface area contributed by atoms with Crippen molar-refractivity contribution in [2.24, 2.45) is 5.92 Å². The van der Waals surface area contributed by atoms with Gasteiger partial charge >= 0.3 is 0 Å². The molecule has 0 spiro atoms. The van der Waals surface area contributed by atoms with Gasteiger partial charge in [-0.2, -0.15) is 0 Å². The van der Waals surface area contributed by atoms with E-state index in [0.717, 1.165) is 23.9 Å². The van der Waals surface area contributed by atoms with Crippen molar-refractivity contribution >= 4 is 40.2 Å². The van der Waals surface area contributed by atoms with Crippen LogP contribution in [0.4, 0.5) is 5.95 Å². The van der Waals surface area contributed by atoms with Crippen LogP contribution in [-0.4, -0.2) is 38.0 Å². The maximum Gasteiger partial charge on any atom is 0.204 e. The number of aliphatic hydroxyl groups excluding tert-OH is 2. The predicted octanol–water partition coefficient (Wildman–Crippen LogP) is 3.22. The molecule has 1 aromatic heterocycles. The van der Waals surface area contributed by atoms with E-state index in [-0.39, 0.29) is 12.0 Å². The number of aliphatic hydroxyl groups is 2. The number of fused-ring (bicyclic) bond motifs is 1. The minimum absolute atomic E-state index is 0.0315. The molecule has 2 aliphatic rings. The minimum Gasteiger partial charge on any atom is -0.390 e. The number of anilines is 1. The Balaban J connectivity index is 1.86. The van der Waals surface area contributed by atoms with E-state index >= 15 is 0 Å². The molecule has 2 fully saturated rings. The van der Waals surface area contributed by atoms with Crippen molar-refractivity contribution in [2.45, 2.75) is 50.5 Å². The lowest BCUT2D eigenvalue weighted by atomic mass is 10.1. The summed E-state index contributed by atoms with van der Waals surface area (Å²) in [6.07, 6.45) is 1.38. The molecule has 0 unspecified atom stereocenters. The number of imidazole rings is 1. The molecule has 1 aromatic carbocycles. The Bertz CT molecular complexity index is 759. The van der Waals surface area contributed by atoms with Crippen molar-refractivity contribution in [3.63, 3.8) is 0 Å². The Morgan fingerprint density at radius 3 is 2.48 bits per heavy atom. The first-order chi connectivity index (χ1) is 11.0. The molecule has 0 amide bonds. The average Bonchev–Trinajstić information content (AvgIpc) is 3.21. The third-order valence-corrected chi connectivity index (χ3v) is 5.64. The molecule has 3 N–H and O–H groups in total. The predicted molar refractivity (Wildman–Crippen MR) is 91.2 cm³/mol. The van der Waals surface area contributed by atoms with E-state index < -0.39 is 12.2 Å². The summed E-state index contributed by atoms with van der Waals surface area (Å²) in [5.41, 5.74) is 1.57. The lowest BCUT2D eigenvalue weighted by Gasteiger charge is -2.21. The molecule has 0 saturated heterocycles. The van der Waals surface area contributed by atoms with E-state index in [1.165, 1.54) is 0 Å². The van der Waals surface area contributed by atoms with E-state index in [1.54, 1.807) is 12.1 Å². The summed E-state index contributed by atoms with van der Waals surface area (Å²) in [5.74, 6) is 0.746. The lowest BCUT2D eigenvalue weighted by Crippen LogP contribution is -2.29. The number of nitrogens with zero attached hydrogens (tertiary/aromatic N) is 2. The van der Waals surface area contributed by atoms with Crippen molar-refractivity contribution in [3.05, 3.63) is 22.2 Å². The van der Waals surface area contributed by atoms with Crippen LogP contribution < -0.4 is 5.32 Å². The molecule has 0 aliphatic heterocycles. The number of hydrogen-bond acceptors (Lipinski definition) is 4. The minimum atomic E-state index is -0.823. The van der Waals surface area contributed by atoms with Crippen LogP contribution in [0, 0.1) is 5.92 Å². The van der Waals surface area contributed by atoms with Crippen LogP contribution in [-0.2, 0) is 0 Å². The summed E-state index contributed by atoms with van der Waals surface area (Å²) in [6.45, 7) is 1.95. The molecule has 124 valence electrons. The van der Waals surface area contributed by atoms with Gasteiger partial charge in [0.1, 0.15) is 6.10 Å². The zero-order chi connectivity index (χ0) is 16.3. The molecule has 4 atom stereocenters. The van der Waals surface area contributed by atoms with E-state index in [0.29, 0.717) is 28.5 Å². The SMILES string of the molecule is C[C@@H]1C[C@H](n2c(NC3CC3)nc3cc(Cl)c(Cl)cc32)[C@@H](O)[C@H]1O. The highest BCUT2D eigenvalue weighted by Gasteiger charge is 2.42. The molecule has 5 nitrogen and oxygen atoms in total. The van der Waals surface area contributed by atoms with E-state index in [4.69, 9.17) is 23.2 Å². The quantitative estimate of drug-likeness (QED) is 0.790. The highest BCUT2D eigenvalue weighted by Crippen LogP contribution is 2.41. The molecule has 0 bridgehead atoms. The smallest absolute Gasteiger partial charge is 0.204 e. The summed E-state index contributed by atoms with van der Waals surface area (Å²) < 4.78 is 1.98. The van der Waals surface area contributed by atoms with Gasteiger partial charge in [0.15, 0.2) is 0 Å². The Morgan fingerprint density at radius 2 is 1.87 bits per heavy atom. The maximum absolute atomic E-state index is 10.5. The molecule has 2 aromatic rings. The summed E-state index contributed by atoms with van der Waals surface area (Å²) in [5, 5.41) is 24.9. The summed E-state index contributed by atoms with van der Waals surface area (Å²) >= 11 is 12.3. The molecule has 2 aliphatic carbocycles. The van der Waals surface area contributed by atoms with Gasteiger partial charge in [-0.1, -0.05) is 30.1 Å². The van der Waals surface area contributed by atoms with Crippen LogP contribution in [0.15, 0.2) is 12.1 Å². The largest absolute Gasteiger partial charge is 0.390 e. The zero-order valence-corrected chi connectivity index (χ0v) is 14.2. The first-order valence-corrected chi connectivity index (χ1v) is 8.71. The monoisotopic (exact) mass is 355 g/mol. The second kappa shape index (κ2) is 5.52. The van der Waals surface area contributed by atoms with E-state index in [1.807, 2.05) is 11.5 Å². The average molecular weight is 356 g/mol. The van der Waals surface area contributed by atoms with Crippen LogP contribution in [0.1, 0.15) is 32.2 Å². The van der Waals surface area contributed by atoms with Gasteiger partial charge in [-0.25, -0.2) is 4.98 Å². The fourth-order valence-corrected chi connectivity index (χ4v) is 3.74. The van der Waals surface area contributed by atoms with Gasteiger partial charge in [0.2, 0.25) is 5.95 Å². The Morgan fingerprint density at radius 1 is 1.17 bits per heavy atom. The fraction of sp³-hybridized carbons (Fsp3) is 0.562. The van der Waals surface area contributed by atoms with Crippen molar-refractivity contribution in [1.29, 1.82) is 0 Å². The van der Waals surface area contributed by atoms with Crippen LogP contribution in [0.3, 0.4) is 0 Å². The van der Waals surface area contributed by atoms with Crippen molar-refractivity contribution in [3.8, 4) is 0 Å². The van der Waals surface area contributed by atoms with Crippen LogP contribution in [0.25, 0.3) is 11.0 Å². The molecule has 23 heavy (non-hydrogen) atoms. The maximum atomic E-state index is 10.5. The highest BCUT2D eigenvalue weighted by atomic mass is 35.5. The van der Waals surface area contributed by atoms with Gasteiger partial charge in [-0.15, -0.1) is 0 Å².